The Hall–Kier alpha value is -4.91. The number of carbonyl (C=O) groups is 3. The van der Waals surface area contributed by atoms with E-state index >= 15 is 0 Å². The molecule has 184 valence electrons. The van der Waals surface area contributed by atoms with E-state index in [0.717, 1.165) is 45.1 Å². The first-order chi connectivity index (χ1) is 18.5. The number of nitrogens with one attached hydrogen (secondary N) is 3. The van der Waals surface area contributed by atoms with Crippen LogP contribution in [0.3, 0.4) is 0 Å². The zero-order valence-corrected chi connectivity index (χ0v) is 20.2. The maximum absolute atomic E-state index is 13.7. The number of hydrogen-bond donors (Lipinski definition) is 3. The normalized spacial score (nSPS) is 21.2. The molecule has 2 atom stereocenters. The molecule has 0 bridgehead atoms. The molecule has 1 saturated carbocycles. The molecule has 2 aliphatic carbocycles. The average Bonchev–Trinajstić information content (AvgIpc) is 3.25. The fourth-order valence-electron chi connectivity index (χ4n) is 6.30. The fourth-order valence-corrected chi connectivity index (χ4v) is 6.30. The summed E-state index contributed by atoms with van der Waals surface area (Å²) in [5, 5.41) is 4.74. The topological polar surface area (TPSA) is 98.1 Å². The van der Waals surface area contributed by atoms with Crippen molar-refractivity contribution < 1.29 is 14.4 Å². The van der Waals surface area contributed by atoms with E-state index in [-0.39, 0.29) is 23.5 Å². The third-order valence-corrected chi connectivity index (χ3v) is 8.29. The number of likely N-dealkylation sites (tertiary alicyclic amines) is 1. The lowest BCUT2D eigenvalue weighted by atomic mass is 9.83. The average molecular weight is 499 g/mol. The van der Waals surface area contributed by atoms with Crippen LogP contribution in [0.25, 0.3) is 27.9 Å². The smallest absolute Gasteiger partial charge is 0.274 e. The second kappa shape index (κ2) is 7.32. The number of ketones is 1. The third-order valence-electron chi connectivity index (χ3n) is 8.29. The van der Waals surface area contributed by atoms with Gasteiger partial charge in [0.1, 0.15) is 11.4 Å². The summed E-state index contributed by atoms with van der Waals surface area (Å²) in [5.41, 5.74) is 5.18. The molecule has 3 aromatic carbocycles. The number of nitrogens with zero attached hydrogens (tertiary/aromatic N) is 1. The van der Waals surface area contributed by atoms with Crippen LogP contribution in [0.1, 0.15) is 43.3 Å². The molecular weight excluding hydrogens is 476 g/mol. The van der Waals surface area contributed by atoms with Gasteiger partial charge in [-0.3, -0.25) is 14.4 Å². The van der Waals surface area contributed by atoms with Crippen LogP contribution in [-0.4, -0.2) is 39.0 Å². The number of para-hydroxylation sites is 1. The first kappa shape index (κ1) is 21.2. The van der Waals surface area contributed by atoms with Gasteiger partial charge in [0.25, 0.3) is 11.8 Å². The van der Waals surface area contributed by atoms with Crippen LogP contribution >= 0.6 is 0 Å². The van der Waals surface area contributed by atoms with Crippen molar-refractivity contribution >= 4 is 51.2 Å². The van der Waals surface area contributed by atoms with Gasteiger partial charge in [-0.05, 0) is 60.4 Å². The number of allylic oxidation sites excluding steroid dienone is 1. The number of anilines is 1. The van der Waals surface area contributed by atoms with Crippen molar-refractivity contribution in [2.75, 3.05) is 11.9 Å². The van der Waals surface area contributed by atoms with Gasteiger partial charge in [0.05, 0.1) is 5.41 Å². The number of fused-ring (bicyclic) bond motifs is 3. The van der Waals surface area contributed by atoms with E-state index in [1.807, 2.05) is 84.9 Å². The number of hydrogen-bond acceptors (Lipinski definition) is 3. The molecule has 3 aliphatic rings. The van der Waals surface area contributed by atoms with Crippen molar-refractivity contribution in [3.05, 3.63) is 107 Å². The lowest BCUT2D eigenvalue weighted by Crippen LogP contribution is -2.34. The lowest BCUT2D eigenvalue weighted by Gasteiger charge is -2.28. The molecular formula is C31H22N4O3. The Balaban J connectivity index is 1.08. The quantitative estimate of drug-likeness (QED) is 0.302. The number of carbonyl (C=O) groups excluding carboxylic acids is 3. The number of aromatic amines is 2. The van der Waals surface area contributed by atoms with Gasteiger partial charge in [-0.15, -0.1) is 0 Å². The van der Waals surface area contributed by atoms with Crippen molar-refractivity contribution in [3.8, 4) is 0 Å². The van der Waals surface area contributed by atoms with Gasteiger partial charge in [0.2, 0.25) is 0 Å². The minimum Gasteiger partial charge on any atom is -0.351 e. The molecule has 1 aliphatic heterocycles. The highest BCUT2D eigenvalue weighted by molar-refractivity contribution is 6.13. The summed E-state index contributed by atoms with van der Waals surface area (Å²) < 4.78 is 0. The van der Waals surface area contributed by atoms with E-state index in [9.17, 15) is 14.4 Å². The predicted octanol–water partition coefficient (Wildman–Crippen LogP) is 5.60. The number of Topliss-reactive ketones (excluding diaryl/α,β-unsaturated/α-hetero) is 1. The molecule has 8 rings (SSSR count). The van der Waals surface area contributed by atoms with Crippen LogP contribution in [0.5, 0.6) is 0 Å². The predicted molar refractivity (Wildman–Crippen MR) is 145 cm³/mol. The number of aromatic nitrogens is 2. The Morgan fingerprint density at radius 1 is 0.868 bits per heavy atom. The van der Waals surface area contributed by atoms with Crippen LogP contribution in [0.15, 0.2) is 84.6 Å². The van der Waals surface area contributed by atoms with Crippen LogP contribution in [0.4, 0.5) is 5.69 Å². The minimum atomic E-state index is -0.546. The van der Waals surface area contributed by atoms with Crippen LogP contribution in [0.2, 0.25) is 0 Å². The monoisotopic (exact) mass is 498 g/mol. The van der Waals surface area contributed by atoms with Crippen LogP contribution in [-0.2, 0) is 0 Å². The van der Waals surface area contributed by atoms with Crippen LogP contribution < -0.4 is 5.32 Å². The van der Waals surface area contributed by atoms with Gasteiger partial charge < -0.3 is 20.2 Å². The Morgan fingerprint density at radius 3 is 2.53 bits per heavy atom. The summed E-state index contributed by atoms with van der Waals surface area (Å²) in [5.74, 6) is -0.0645. The second-order valence-corrected chi connectivity index (χ2v) is 10.4. The molecule has 2 unspecified atom stereocenters. The SMILES string of the molecule is O=C(Nc1ccc2[nH]c(C(=O)N3CC4CC45C(=O)c4ccccc4C=C35)cc2c1)c1cc2ccccc2[nH]1. The fraction of sp³-hybridized carbons (Fsp3) is 0.129. The molecule has 3 N–H and O–H groups in total. The Morgan fingerprint density at radius 2 is 1.63 bits per heavy atom. The van der Waals surface area contributed by atoms with E-state index in [2.05, 4.69) is 15.3 Å². The molecule has 1 saturated heterocycles. The zero-order valence-electron chi connectivity index (χ0n) is 20.2. The highest BCUT2D eigenvalue weighted by atomic mass is 16.2. The van der Waals surface area contributed by atoms with Crippen molar-refractivity contribution in [3.63, 3.8) is 0 Å². The highest BCUT2D eigenvalue weighted by Crippen LogP contribution is 2.67. The van der Waals surface area contributed by atoms with Gasteiger partial charge in [-0.2, -0.15) is 0 Å². The summed E-state index contributed by atoms with van der Waals surface area (Å²) in [6.07, 6.45) is 2.82. The van der Waals surface area contributed by atoms with E-state index in [4.69, 9.17) is 0 Å². The molecule has 7 nitrogen and oxygen atoms in total. The summed E-state index contributed by atoms with van der Waals surface area (Å²) in [4.78, 5) is 48.0. The van der Waals surface area contributed by atoms with E-state index < -0.39 is 5.41 Å². The second-order valence-electron chi connectivity index (χ2n) is 10.4. The maximum Gasteiger partial charge on any atom is 0.274 e. The molecule has 1 spiro atoms. The summed E-state index contributed by atoms with van der Waals surface area (Å²) >= 11 is 0. The molecule has 2 amide bonds. The summed E-state index contributed by atoms with van der Waals surface area (Å²) in [7, 11) is 0. The number of H-pyrrole nitrogens is 2. The maximum atomic E-state index is 13.7. The third kappa shape index (κ3) is 2.87. The molecule has 38 heavy (non-hydrogen) atoms. The molecule has 0 radical (unpaired) electrons. The van der Waals surface area contributed by atoms with Crippen molar-refractivity contribution in [1.82, 2.24) is 14.9 Å². The largest absolute Gasteiger partial charge is 0.351 e. The number of benzene rings is 3. The van der Waals surface area contributed by atoms with Gasteiger partial charge in [-0.25, -0.2) is 0 Å². The van der Waals surface area contributed by atoms with Crippen molar-refractivity contribution in [1.29, 1.82) is 0 Å². The molecule has 2 fully saturated rings. The Labute approximate surface area is 217 Å². The zero-order chi connectivity index (χ0) is 25.6. The van der Waals surface area contributed by atoms with Crippen molar-refractivity contribution in [2.24, 2.45) is 11.3 Å². The highest BCUT2D eigenvalue weighted by Gasteiger charge is 2.69. The minimum absolute atomic E-state index is 0.137. The molecule has 2 aromatic heterocycles. The first-order valence-corrected chi connectivity index (χ1v) is 12.7. The molecule has 5 aromatic rings. The Bertz CT molecular complexity index is 1860. The van der Waals surface area contributed by atoms with E-state index in [0.29, 0.717) is 23.6 Å². The van der Waals surface area contributed by atoms with Gasteiger partial charge in [0.15, 0.2) is 5.78 Å². The molecule has 7 heteroatoms. The van der Waals surface area contributed by atoms with Crippen molar-refractivity contribution in [2.45, 2.75) is 6.42 Å². The number of rotatable bonds is 3. The standard InChI is InChI=1S/C31H22N4O3/c36-28-22-7-3-1-5-17(22)14-27-31(28)15-20(31)16-35(27)30(38)26-13-19-11-21(9-10-24(19)34-26)32-29(37)25-12-18-6-2-4-8-23(18)33-25/h1-14,20,33-34H,15-16H2,(H,32,37). The van der Waals surface area contributed by atoms with Gasteiger partial charge >= 0.3 is 0 Å². The Kier molecular flexibility index (Phi) is 4.08. The molecule has 3 heterocycles. The lowest BCUT2D eigenvalue weighted by molar-refractivity contribution is 0.0799. The van der Waals surface area contributed by atoms with Gasteiger partial charge in [-0.1, -0.05) is 42.5 Å². The first-order valence-electron chi connectivity index (χ1n) is 12.7. The van der Waals surface area contributed by atoms with E-state index in [1.54, 1.807) is 4.90 Å². The summed E-state index contributed by atoms with van der Waals surface area (Å²) in [6.45, 7) is 0.547. The summed E-state index contributed by atoms with van der Waals surface area (Å²) in [6, 6.07) is 24.5. The van der Waals surface area contributed by atoms with Gasteiger partial charge in [0, 0.05) is 45.3 Å². The number of amides is 2. The van der Waals surface area contributed by atoms with Crippen LogP contribution in [0, 0.1) is 11.3 Å². The number of piperidine rings is 1. The van der Waals surface area contributed by atoms with E-state index in [1.165, 1.54) is 0 Å².